The van der Waals surface area contributed by atoms with E-state index in [9.17, 15) is 9.59 Å². The number of hydrogen-bond donors (Lipinski definition) is 1. The van der Waals surface area contributed by atoms with Crippen LogP contribution in [0.3, 0.4) is 0 Å². The molecule has 3 rings (SSSR count). The Labute approximate surface area is 163 Å². The van der Waals surface area contributed by atoms with Crippen LogP contribution in [0, 0.1) is 5.92 Å². The Kier molecular flexibility index (Phi) is 6.37. The van der Waals surface area contributed by atoms with Gasteiger partial charge in [0.15, 0.2) is 18.1 Å². The van der Waals surface area contributed by atoms with E-state index >= 15 is 0 Å². The number of rotatable bonds is 7. The molecule has 1 heterocycles. The Morgan fingerprint density at radius 3 is 2.64 bits per heavy atom. The number of ether oxygens (including phenoxy) is 4. The quantitative estimate of drug-likeness (QED) is 0.737. The highest BCUT2D eigenvalue weighted by atomic mass is 16.6. The minimum absolute atomic E-state index is 0.327. The summed E-state index contributed by atoms with van der Waals surface area (Å²) < 4.78 is 21.6. The maximum Gasteiger partial charge on any atom is 0.338 e. The number of anilines is 1. The summed E-state index contributed by atoms with van der Waals surface area (Å²) in [5.41, 5.74) is 0.864. The number of carbonyl (C=O) groups excluding carboxylic acids is 2. The van der Waals surface area contributed by atoms with Crippen molar-refractivity contribution in [3.8, 4) is 17.2 Å². The van der Waals surface area contributed by atoms with Crippen molar-refractivity contribution in [3.63, 3.8) is 0 Å². The lowest BCUT2D eigenvalue weighted by Crippen LogP contribution is -2.21. The molecule has 1 aliphatic heterocycles. The lowest BCUT2D eigenvalue weighted by atomic mass is 10.2. The number of amides is 1. The van der Waals surface area contributed by atoms with E-state index in [0.717, 1.165) is 0 Å². The average molecular weight is 385 g/mol. The number of carbonyl (C=O) groups is 2. The van der Waals surface area contributed by atoms with Crippen LogP contribution in [0.15, 0.2) is 42.5 Å². The van der Waals surface area contributed by atoms with Crippen molar-refractivity contribution in [2.24, 2.45) is 5.92 Å². The number of nitrogens with one attached hydrogen (secondary N) is 1. The largest absolute Gasteiger partial charge is 0.493 e. The van der Waals surface area contributed by atoms with Gasteiger partial charge in [-0.15, -0.1) is 0 Å². The summed E-state index contributed by atoms with van der Waals surface area (Å²) in [6, 6.07) is 11.8. The molecule has 2 aromatic rings. The number of esters is 1. The third-order valence-corrected chi connectivity index (χ3v) is 3.81. The van der Waals surface area contributed by atoms with Gasteiger partial charge in [0.2, 0.25) is 0 Å². The molecule has 7 heteroatoms. The van der Waals surface area contributed by atoms with E-state index in [2.05, 4.69) is 5.32 Å². The van der Waals surface area contributed by atoms with E-state index in [1.807, 2.05) is 13.8 Å². The Morgan fingerprint density at radius 2 is 1.86 bits per heavy atom. The molecule has 0 bridgehead atoms. The molecule has 0 atom stereocenters. The number of benzene rings is 2. The molecule has 0 fully saturated rings. The van der Waals surface area contributed by atoms with E-state index < -0.39 is 18.5 Å². The monoisotopic (exact) mass is 385 g/mol. The topological polar surface area (TPSA) is 83.1 Å². The summed E-state index contributed by atoms with van der Waals surface area (Å²) >= 11 is 0. The number of fused-ring (bicyclic) bond motifs is 1. The van der Waals surface area contributed by atoms with E-state index in [4.69, 9.17) is 18.9 Å². The van der Waals surface area contributed by atoms with E-state index in [-0.39, 0.29) is 0 Å². The molecule has 0 spiro atoms. The van der Waals surface area contributed by atoms with Crippen molar-refractivity contribution in [2.45, 2.75) is 13.8 Å². The second-order valence-electron chi connectivity index (χ2n) is 6.72. The molecule has 2 aromatic carbocycles. The molecule has 1 aliphatic rings. The molecule has 7 nitrogen and oxygen atoms in total. The van der Waals surface area contributed by atoms with Crippen molar-refractivity contribution in [2.75, 3.05) is 31.7 Å². The van der Waals surface area contributed by atoms with Gasteiger partial charge in [-0.3, -0.25) is 4.79 Å². The van der Waals surface area contributed by atoms with Crippen molar-refractivity contribution in [1.82, 2.24) is 0 Å². The van der Waals surface area contributed by atoms with Gasteiger partial charge in [0, 0.05) is 11.8 Å². The fourth-order valence-corrected chi connectivity index (χ4v) is 2.51. The van der Waals surface area contributed by atoms with Gasteiger partial charge in [-0.2, -0.15) is 0 Å². The molecule has 1 N–H and O–H groups in total. The zero-order valence-electron chi connectivity index (χ0n) is 15.9. The van der Waals surface area contributed by atoms with Crippen LogP contribution in [0.5, 0.6) is 17.2 Å². The van der Waals surface area contributed by atoms with Crippen LogP contribution in [-0.2, 0) is 9.53 Å². The van der Waals surface area contributed by atoms with Gasteiger partial charge < -0.3 is 24.3 Å². The summed E-state index contributed by atoms with van der Waals surface area (Å²) in [5.74, 6) is 1.13. The Balaban J connectivity index is 1.51. The third-order valence-electron chi connectivity index (χ3n) is 3.81. The molecule has 0 radical (unpaired) electrons. The molecule has 0 unspecified atom stereocenters. The van der Waals surface area contributed by atoms with Crippen molar-refractivity contribution in [1.29, 1.82) is 0 Å². The van der Waals surface area contributed by atoms with Gasteiger partial charge in [-0.1, -0.05) is 19.9 Å². The Hall–Kier alpha value is -3.22. The van der Waals surface area contributed by atoms with Crippen LogP contribution in [-0.4, -0.2) is 38.3 Å². The second-order valence-corrected chi connectivity index (χ2v) is 6.72. The maximum atomic E-state index is 12.2. The smallest absolute Gasteiger partial charge is 0.338 e. The van der Waals surface area contributed by atoms with Gasteiger partial charge in [-0.05, 0) is 36.2 Å². The van der Waals surface area contributed by atoms with Crippen LogP contribution in [0.25, 0.3) is 0 Å². The van der Waals surface area contributed by atoms with Crippen LogP contribution in [0.4, 0.5) is 5.69 Å². The SMILES string of the molecule is CC(C)COc1cccc(C(=O)OCC(=O)Nc2ccc3c(c2)OCCO3)c1. The van der Waals surface area contributed by atoms with Crippen LogP contribution < -0.4 is 19.5 Å². The standard InChI is InChI=1S/C21H23NO6/c1-14(2)12-27-17-5-3-4-15(10-17)21(24)28-13-20(23)22-16-6-7-18-19(11-16)26-9-8-25-18/h3-7,10-11,14H,8-9,12-13H2,1-2H3,(H,22,23). The second kappa shape index (κ2) is 9.12. The first-order valence-corrected chi connectivity index (χ1v) is 9.11. The summed E-state index contributed by atoms with van der Waals surface area (Å²) in [5, 5.41) is 2.67. The molecular formula is C21H23NO6. The number of hydrogen-bond acceptors (Lipinski definition) is 6. The fourth-order valence-electron chi connectivity index (χ4n) is 2.51. The summed E-state index contributed by atoms with van der Waals surface area (Å²) in [6.07, 6.45) is 0. The van der Waals surface area contributed by atoms with Crippen molar-refractivity contribution in [3.05, 3.63) is 48.0 Å². The zero-order valence-corrected chi connectivity index (χ0v) is 15.9. The Bertz CT molecular complexity index is 849. The highest BCUT2D eigenvalue weighted by molar-refractivity contribution is 5.95. The molecule has 28 heavy (non-hydrogen) atoms. The first-order chi connectivity index (χ1) is 13.5. The van der Waals surface area contributed by atoms with Gasteiger partial charge >= 0.3 is 5.97 Å². The zero-order chi connectivity index (χ0) is 19.9. The molecule has 0 aromatic heterocycles. The molecule has 0 saturated heterocycles. The van der Waals surface area contributed by atoms with Crippen molar-refractivity contribution >= 4 is 17.6 Å². The Morgan fingerprint density at radius 1 is 1.07 bits per heavy atom. The molecule has 0 saturated carbocycles. The molecular weight excluding hydrogens is 362 g/mol. The average Bonchev–Trinajstić information content (AvgIpc) is 2.70. The van der Waals surface area contributed by atoms with E-state index in [0.29, 0.717) is 54.2 Å². The van der Waals surface area contributed by atoms with Crippen LogP contribution >= 0.6 is 0 Å². The normalized spacial score (nSPS) is 12.4. The molecule has 148 valence electrons. The predicted molar refractivity (Wildman–Crippen MR) is 103 cm³/mol. The molecule has 1 amide bonds. The summed E-state index contributed by atoms with van der Waals surface area (Å²) in [4.78, 5) is 24.3. The summed E-state index contributed by atoms with van der Waals surface area (Å²) in [6.45, 7) is 5.19. The minimum atomic E-state index is -0.590. The van der Waals surface area contributed by atoms with Gasteiger partial charge in [0.05, 0.1) is 12.2 Å². The van der Waals surface area contributed by atoms with Crippen LogP contribution in [0.2, 0.25) is 0 Å². The predicted octanol–water partition coefficient (Wildman–Crippen LogP) is 3.29. The van der Waals surface area contributed by atoms with E-state index in [1.165, 1.54) is 0 Å². The highest BCUT2D eigenvalue weighted by Gasteiger charge is 2.14. The molecule has 0 aliphatic carbocycles. The van der Waals surface area contributed by atoms with Crippen molar-refractivity contribution < 1.29 is 28.5 Å². The fraction of sp³-hybridized carbons (Fsp3) is 0.333. The minimum Gasteiger partial charge on any atom is -0.493 e. The summed E-state index contributed by atoms with van der Waals surface area (Å²) in [7, 11) is 0. The van der Waals surface area contributed by atoms with Gasteiger partial charge in [0.25, 0.3) is 5.91 Å². The van der Waals surface area contributed by atoms with E-state index in [1.54, 1.807) is 42.5 Å². The highest BCUT2D eigenvalue weighted by Crippen LogP contribution is 2.32. The van der Waals surface area contributed by atoms with Gasteiger partial charge in [0.1, 0.15) is 19.0 Å². The lowest BCUT2D eigenvalue weighted by molar-refractivity contribution is -0.119. The first-order valence-electron chi connectivity index (χ1n) is 9.11. The maximum absolute atomic E-state index is 12.2. The lowest BCUT2D eigenvalue weighted by Gasteiger charge is -2.19. The van der Waals surface area contributed by atoms with Gasteiger partial charge in [-0.25, -0.2) is 4.79 Å². The van der Waals surface area contributed by atoms with Crippen LogP contribution in [0.1, 0.15) is 24.2 Å². The first kappa shape index (κ1) is 19.5. The third kappa shape index (κ3) is 5.39.